The molecule has 0 saturated heterocycles. The van der Waals surface area contributed by atoms with Crippen LogP contribution in [0.4, 0.5) is 0 Å². The summed E-state index contributed by atoms with van der Waals surface area (Å²) in [5.41, 5.74) is 0. The fourth-order valence-electron chi connectivity index (χ4n) is 1.13. The first-order valence-electron chi connectivity index (χ1n) is 4.03. The van der Waals surface area contributed by atoms with Gasteiger partial charge in [0, 0.05) is 19.4 Å². The van der Waals surface area contributed by atoms with Gasteiger partial charge in [0.15, 0.2) is 0 Å². The molecular weight excluding hydrogens is 170 g/mol. The Morgan fingerprint density at radius 2 is 2.54 bits per heavy atom. The number of nitrogens with zero attached hydrogens (tertiary/aromatic N) is 2. The maximum Gasteiger partial charge on any atom is 0.317 e. The Labute approximate surface area is 76.4 Å². The smallest absolute Gasteiger partial charge is 0.317 e. The highest BCUT2D eigenvalue weighted by Gasteiger charge is 2.10. The van der Waals surface area contributed by atoms with Gasteiger partial charge in [0.2, 0.25) is 0 Å². The Balaban J connectivity index is 2.53. The maximum atomic E-state index is 10.3. The second kappa shape index (κ2) is 4.04. The van der Waals surface area contributed by atoms with Crippen LogP contribution < -0.4 is 5.32 Å². The monoisotopic (exact) mass is 183 g/mol. The average Bonchev–Trinajstić information content (AvgIpc) is 2.47. The minimum Gasteiger partial charge on any atom is -0.480 e. The van der Waals surface area contributed by atoms with Crippen LogP contribution in [0.3, 0.4) is 0 Å². The second-order valence-electron chi connectivity index (χ2n) is 2.89. The standard InChI is InChI=1S/C8H13N3O2/c1-6(10-5-7(12)13)8-9-3-4-11(8)2/h3-4,6,10H,5H2,1-2H3,(H,12,13). The summed E-state index contributed by atoms with van der Waals surface area (Å²) >= 11 is 0. The predicted molar refractivity (Wildman–Crippen MR) is 47.3 cm³/mol. The van der Waals surface area contributed by atoms with E-state index in [2.05, 4.69) is 10.3 Å². The van der Waals surface area contributed by atoms with E-state index in [0.29, 0.717) is 0 Å². The number of carboxylic acids is 1. The highest BCUT2D eigenvalue weighted by Crippen LogP contribution is 2.07. The van der Waals surface area contributed by atoms with Crippen LogP contribution in [0.2, 0.25) is 0 Å². The van der Waals surface area contributed by atoms with E-state index in [4.69, 9.17) is 5.11 Å². The lowest BCUT2D eigenvalue weighted by Crippen LogP contribution is -2.27. The van der Waals surface area contributed by atoms with E-state index in [9.17, 15) is 4.79 Å². The Kier molecular flexibility index (Phi) is 3.02. The molecule has 1 aromatic heterocycles. The van der Waals surface area contributed by atoms with Crippen LogP contribution in [0, 0.1) is 0 Å². The first kappa shape index (κ1) is 9.73. The van der Waals surface area contributed by atoms with E-state index in [1.807, 2.05) is 24.7 Å². The zero-order valence-electron chi connectivity index (χ0n) is 7.69. The number of imidazole rings is 1. The molecule has 1 atom stereocenters. The summed E-state index contributed by atoms with van der Waals surface area (Å²) in [4.78, 5) is 14.4. The lowest BCUT2D eigenvalue weighted by molar-refractivity contribution is -0.136. The van der Waals surface area contributed by atoms with Gasteiger partial charge in [-0.1, -0.05) is 0 Å². The molecule has 0 aromatic carbocycles. The van der Waals surface area contributed by atoms with Gasteiger partial charge >= 0.3 is 5.97 Å². The molecule has 1 unspecified atom stereocenters. The van der Waals surface area contributed by atoms with E-state index in [-0.39, 0.29) is 12.6 Å². The molecule has 1 rings (SSSR count). The van der Waals surface area contributed by atoms with Gasteiger partial charge in [-0.25, -0.2) is 4.98 Å². The molecule has 1 heterocycles. The number of aromatic nitrogens is 2. The summed E-state index contributed by atoms with van der Waals surface area (Å²) in [6.45, 7) is 1.83. The number of hydrogen-bond donors (Lipinski definition) is 2. The number of aliphatic carboxylic acids is 1. The first-order chi connectivity index (χ1) is 6.11. The first-order valence-corrected chi connectivity index (χ1v) is 4.03. The van der Waals surface area contributed by atoms with Crippen molar-refractivity contribution >= 4 is 5.97 Å². The third kappa shape index (κ3) is 2.55. The topological polar surface area (TPSA) is 67.2 Å². The summed E-state index contributed by atoms with van der Waals surface area (Å²) in [5.74, 6) is -0.0256. The Hall–Kier alpha value is -1.36. The van der Waals surface area contributed by atoms with Crippen molar-refractivity contribution in [1.29, 1.82) is 0 Å². The van der Waals surface area contributed by atoms with E-state index < -0.39 is 5.97 Å². The summed E-state index contributed by atoms with van der Waals surface area (Å²) in [7, 11) is 1.88. The van der Waals surface area contributed by atoms with E-state index in [1.54, 1.807) is 6.20 Å². The molecule has 0 bridgehead atoms. The molecule has 0 amide bonds. The predicted octanol–water partition coefficient (Wildman–Crippen LogP) is 0.155. The van der Waals surface area contributed by atoms with E-state index >= 15 is 0 Å². The van der Waals surface area contributed by atoms with E-state index in [0.717, 1.165) is 5.82 Å². The largest absolute Gasteiger partial charge is 0.480 e. The third-order valence-electron chi connectivity index (χ3n) is 1.81. The number of carboxylic acid groups (broad SMARTS) is 1. The molecule has 0 radical (unpaired) electrons. The SMILES string of the molecule is CC(NCC(=O)O)c1nccn1C. The van der Waals surface area contributed by atoms with Crippen molar-refractivity contribution in [2.75, 3.05) is 6.54 Å². The van der Waals surface area contributed by atoms with Gasteiger partial charge in [-0.15, -0.1) is 0 Å². The Morgan fingerprint density at radius 3 is 3.00 bits per heavy atom. The summed E-state index contributed by atoms with van der Waals surface area (Å²) < 4.78 is 1.86. The average molecular weight is 183 g/mol. The molecule has 1 aromatic rings. The quantitative estimate of drug-likeness (QED) is 0.697. The van der Waals surface area contributed by atoms with Crippen LogP contribution in [0.5, 0.6) is 0 Å². The molecule has 0 saturated carbocycles. The fourth-order valence-corrected chi connectivity index (χ4v) is 1.13. The zero-order chi connectivity index (χ0) is 9.84. The molecular formula is C8H13N3O2. The summed E-state index contributed by atoms with van der Waals surface area (Å²) in [5, 5.41) is 11.3. The van der Waals surface area contributed by atoms with Gasteiger partial charge in [0.05, 0.1) is 12.6 Å². The minimum absolute atomic E-state index is 0.0453. The number of hydrogen-bond acceptors (Lipinski definition) is 3. The van der Waals surface area contributed by atoms with Crippen molar-refractivity contribution < 1.29 is 9.90 Å². The summed E-state index contributed by atoms with van der Waals surface area (Å²) in [6.07, 6.45) is 3.52. The third-order valence-corrected chi connectivity index (χ3v) is 1.81. The van der Waals surface area contributed by atoms with Gasteiger partial charge in [0.1, 0.15) is 5.82 Å². The second-order valence-corrected chi connectivity index (χ2v) is 2.89. The van der Waals surface area contributed by atoms with Crippen molar-refractivity contribution in [2.24, 2.45) is 7.05 Å². The highest BCUT2D eigenvalue weighted by molar-refractivity contribution is 5.69. The van der Waals surface area contributed by atoms with E-state index in [1.165, 1.54) is 0 Å². The molecule has 5 heteroatoms. The van der Waals surface area contributed by atoms with Crippen molar-refractivity contribution in [3.8, 4) is 0 Å². The van der Waals surface area contributed by atoms with Crippen molar-refractivity contribution in [3.05, 3.63) is 18.2 Å². The lowest BCUT2D eigenvalue weighted by atomic mass is 10.3. The van der Waals surface area contributed by atoms with Gasteiger partial charge in [-0.05, 0) is 6.92 Å². The molecule has 72 valence electrons. The van der Waals surface area contributed by atoms with Crippen LogP contribution >= 0.6 is 0 Å². The van der Waals surface area contributed by atoms with Crippen molar-refractivity contribution in [2.45, 2.75) is 13.0 Å². The Morgan fingerprint density at radius 1 is 1.85 bits per heavy atom. The highest BCUT2D eigenvalue weighted by atomic mass is 16.4. The lowest BCUT2D eigenvalue weighted by Gasteiger charge is -2.11. The molecule has 0 aliphatic carbocycles. The van der Waals surface area contributed by atoms with Gasteiger partial charge < -0.3 is 9.67 Å². The van der Waals surface area contributed by atoms with Crippen LogP contribution in [0.25, 0.3) is 0 Å². The molecule has 0 spiro atoms. The van der Waals surface area contributed by atoms with Gasteiger partial charge in [-0.3, -0.25) is 10.1 Å². The maximum absolute atomic E-state index is 10.3. The molecule has 13 heavy (non-hydrogen) atoms. The number of nitrogens with one attached hydrogen (secondary N) is 1. The molecule has 5 nitrogen and oxygen atoms in total. The van der Waals surface area contributed by atoms with Crippen LogP contribution in [0.15, 0.2) is 12.4 Å². The molecule has 2 N–H and O–H groups in total. The number of rotatable bonds is 4. The summed E-state index contributed by atoms with van der Waals surface area (Å²) in [6, 6.07) is -0.0453. The normalized spacial score (nSPS) is 12.8. The van der Waals surface area contributed by atoms with Crippen molar-refractivity contribution in [3.63, 3.8) is 0 Å². The zero-order valence-corrected chi connectivity index (χ0v) is 7.69. The van der Waals surface area contributed by atoms with Crippen LogP contribution in [0.1, 0.15) is 18.8 Å². The molecule has 0 aliphatic rings. The van der Waals surface area contributed by atoms with Crippen LogP contribution in [-0.4, -0.2) is 27.2 Å². The minimum atomic E-state index is -0.860. The van der Waals surface area contributed by atoms with Gasteiger partial charge in [0.25, 0.3) is 0 Å². The number of carbonyl (C=O) groups is 1. The molecule has 0 aliphatic heterocycles. The fraction of sp³-hybridized carbons (Fsp3) is 0.500. The molecule has 0 fully saturated rings. The van der Waals surface area contributed by atoms with Gasteiger partial charge in [-0.2, -0.15) is 0 Å². The van der Waals surface area contributed by atoms with Crippen LogP contribution in [-0.2, 0) is 11.8 Å². The van der Waals surface area contributed by atoms with Crippen molar-refractivity contribution in [1.82, 2.24) is 14.9 Å². The number of aryl methyl sites for hydroxylation is 1. The Bertz CT molecular complexity index is 295.